The molecule has 2 amide bonds. The fourth-order valence-corrected chi connectivity index (χ4v) is 2.03. The van der Waals surface area contributed by atoms with Crippen LogP contribution in [0.4, 0.5) is 0 Å². The minimum absolute atomic E-state index is 0.0938. The molecule has 0 heterocycles. The number of hydrogen-bond donors (Lipinski definition) is 2. The molecule has 1 aliphatic rings. The molecule has 0 spiro atoms. The molecule has 2 rings (SSSR count). The molecular formula is C15H18N2O4. The first-order valence-corrected chi connectivity index (χ1v) is 6.75. The van der Waals surface area contributed by atoms with Gasteiger partial charge >= 0.3 is 5.97 Å². The molecule has 6 heteroatoms. The van der Waals surface area contributed by atoms with Crippen LogP contribution in [0.25, 0.3) is 0 Å². The van der Waals surface area contributed by atoms with Gasteiger partial charge in [-0.2, -0.15) is 0 Å². The van der Waals surface area contributed by atoms with Crippen molar-refractivity contribution >= 4 is 17.8 Å². The molecule has 1 aliphatic carbocycles. The van der Waals surface area contributed by atoms with E-state index in [4.69, 9.17) is 5.11 Å². The Morgan fingerprint density at radius 3 is 2.38 bits per heavy atom. The Balaban J connectivity index is 1.82. The molecule has 1 saturated carbocycles. The number of carboxylic acids is 1. The number of benzene rings is 1. The number of carbonyl (C=O) groups is 3. The van der Waals surface area contributed by atoms with Gasteiger partial charge in [0, 0.05) is 19.2 Å². The number of aliphatic carboxylic acids is 1. The van der Waals surface area contributed by atoms with Gasteiger partial charge in [0.05, 0.1) is 12.0 Å². The Kier molecular flexibility index (Phi) is 4.26. The summed E-state index contributed by atoms with van der Waals surface area (Å²) in [6.45, 7) is 0.0258. The molecule has 0 radical (unpaired) electrons. The number of hydrogen-bond acceptors (Lipinski definition) is 3. The van der Waals surface area contributed by atoms with E-state index in [2.05, 4.69) is 5.32 Å². The standard InChI is InChI=1S/C15H18N2O4/c1-17(13(19)11-5-3-2-4-6-11)9-12(18)16-10-15(7-8-15)14(20)21/h2-6H,7-10H2,1H3,(H,16,18)(H,20,21). The first-order valence-electron chi connectivity index (χ1n) is 6.75. The topological polar surface area (TPSA) is 86.7 Å². The Labute approximate surface area is 122 Å². The van der Waals surface area contributed by atoms with Gasteiger partial charge < -0.3 is 15.3 Å². The summed E-state index contributed by atoms with van der Waals surface area (Å²) < 4.78 is 0. The van der Waals surface area contributed by atoms with Crippen LogP contribution >= 0.6 is 0 Å². The molecule has 0 atom stereocenters. The van der Waals surface area contributed by atoms with Gasteiger partial charge in [-0.25, -0.2) is 0 Å². The zero-order chi connectivity index (χ0) is 15.5. The number of carbonyl (C=O) groups excluding carboxylic acids is 2. The van der Waals surface area contributed by atoms with E-state index in [1.165, 1.54) is 4.90 Å². The lowest BCUT2D eigenvalue weighted by atomic mass is 10.1. The molecule has 2 N–H and O–H groups in total. The fraction of sp³-hybridized carbons (Fsp3) is 0.400. The summed E-state index contributed by atoms with van der Waals surface area (Å²) in [7, 11) is 1.54. The summed E-state index contributed by atoms with van der Waals surface area (Å²) in [5.74, 6) is -1.48. The minimum Gasteiger partial charge on any atom is -0.481 e. The molecule has 21 heavy (non-hydrogen) atoms. The van der Waals surface area contributed by atoms with Crippen molar-refractivity contribution in [1.82, 2.24) is 10.2 Å². The van der Waals surface area contributed by atoms with Crippen LogP contribution in [0.1, 0.15) is 23.2 Å². The highest BCUT2D eigenvalue weighted by Crippen LogP contribution is 2.45. The van der Waals surface area contributed by atoms with Crippen LogP contribution < -0.4 is 5.32 Å². The van der Waals surface area contributed by atoms with Crippen molar-refractivity contribution in [3.05, 3.63) is 35.9 Å². The maximum Gasteiger partial charge on any atom is 0.311 e. The second-order valence-electron chi connectivity index (χ2n) is 5.39. The van der Waals surface area contributed by atoms with Crippen LogP contribution in [0.2, 0.25) is 0 Å². The van der Waals surface area contributed by atoms with Crippen LogP contribution in [0, 0.1) is 5.41 Å². The van der Waals surface area contributed by atoms with Gasteiger partial charge in [0.15, 0.2) is 0 Å². The number of amides is 2. The number of rotatable bonds is 6. The molecule has 1 aromatic carbocycles. The molecule has 0 bridgehead atoms. The largest absolute Gasteiger partial charge is 0.481 e. The third kappa shape index (κ3) is 3.59. The van der Waals surface area contributed by atoms with Crippen LogP contribution in [0.15, 0.2) is 30.3 Å². The number of carboxylic acid groups (broad SMARTS) is 1. The zero-order valence-corrected chi connectivity index (χ0v) is 11.8. The highest BCUT2D eigenvalue weighted by atomic mass is 16.4. The van der Waals surface area contributed by atoms with Gasteiger partial charge in [0.25, 0.3) is 5.91 Å². The monoisotopic (exact) mass is 290 g/mol. The lowest BCUT2D eigenvalue weighted by molar-refractivity contribution is -0.143. The highest BCUT2D eigenvalue weighted by Gasteiger charge is 2.50. The summed E-state index contributed by atoms with van der Waals surface area (Å²) in [6, 6.07) is 8.68. The average molecular weight is 290 g/mol. The molecule has 6 nitrogen and oxygen atoms in total. The van der Waals surface area contributed by atoms with Crippen LogP contribution in [0.3, 0.4) is 0 Å². The second-order valence-corrected chi connectivity index (χ2v) is 5.39. The van der Waals surface area contributed by atoms with Gasteiger partial charge in [-0.05, 0) is 25.0 Å². The number of nitrogens with one attached hydrogen (secondary N) is 1. The molecule has 1 aromatic rings. The summed E-state index contributed by atoms with van der Waals surface area (Å²) in [6.07, 6.45) is 1.17. The van der Waals surface area contributed by atoms with Crippen LogP contribution in [-0.2, 0) is 9.59 Å². The highest BCUT2D eigenvalue weighted by molar-refractivity contribution is 5.96. The molecule has 0 unspecified atom stereocenters. The molecule has 0 saturated heterocycles. The third-order valence-corrected chi connectivity index (χ3v) is 3.68. The lowest BCUT2D eigenvalue weighted by Gasteiger charge is -2.18. The summed E-state index contributed by atoms with van der Waals surface area (Å²) in [5, 5.41) is 11.6. The van der Waals surface area contributed by atoms with E-state index in [0.29, 0.717) is 18.4 Å². The Morgan fingerprint density at radius 2 is 1.86 bits per heavy atom. The quantitative estimate of drug-likeness (QED) is 0.809. The van der Waals surface area contributed by atoms with Gasteiger partial charge in [-0.3, -0.25) is 14.4 Å². The average Bonchev–Trinajstić information content (AvgIpc) is 3.26. The molecule has 0 aromatic heterocycles. The maximum atomic E-state index is 12.1. The predicted molar refractivity (Wildman–Crippen MR) is 75.7 cm³/mol. The van der Waals surface area contributed by atoms with E-state index in [1.54, 1.807) is 31.3 Å². The van der Waals surface area contributed by atoms with E-state index in [0.717, 1.165) is 0 Å². The Bertz CT molecular complexity index is 552. The van der Waals surface area contributed by atoms with Gasteiger partial charge in [-0.15, -0.1) is 0 Å². The summed E-state index contributed by atoms with van der Waals surface area (Å²) >= 11 is 0. The number of nitrogens with zero attached hydrogens (tertiary/aromatic N) is 1. The fourth-order valence-electron chi connectivity index (χ4n) is 2.03. The van der Waals surface area contributed by atoms with Crippen LogP contribution in [0.5, 0.6) is 0 Å². The molecular weight excluding hydrogens is 272 g/mol. The molecule has 1 fully saturated rings. The van der Waals surface area contributed by atoms with Gasteiger partial charge in [0.2, 0.25) is 5.91 Å². The van der Waals surface area contributed by atoms with Gasteiger partial charge in [0.1, 0.15) is 0 Å². The maximum absolute atomic E-state index is 12.1. The number of likely N-dealkylation sites (N-methyl/N-ethyl adjacent to an activating group) is 1. The second kappa shape index (κ2) is 5.95. The minimum atomic E-state index is -0.878. The van der Waals surface area contributed by atoms with Crippen molar-refractivity contribution < 1.29 is 19.5 Å². The normalized spacial score (nSPS) is 15.1. The first-order chi connectivity index (χ1) is 9.94. The van der Waals surface area contributed by atoms with Crippen molar-refractivity contribution in [1.29, 1.82) is 0 Å². The van der Waals surface area contributed by atoms with E-state index >= 15 is 0 Å². The third-order valence-electron chi connectivity index (χ3n) is 3.68. The van der Waals surface area contributed by atoms with E-state index in [9.17, 15) is 14.4 Å². The zero-order valence-electron chi connectivity index (χ0n) is 11.8. The molecule has 0 aliphatic heterocycles. The Hall–Kier alpha value is -2.37. The SMILES string of the molecule is CN(CC(=O)NCC1(C(=O)O)CC1)C(=O)c1ccccc1. The smallest absolute Gasteiger partial charge is 0.311 e. The predicted octanol–water partition coefficient (Wildman–Crippen LogP) is 0.740. The van der Waals surface area contributed by atoms with Gasteiger partial charge in [-0.1, -0.05) is 18.2 Å². The van der Waals surface area contributed by atoms with E-state index in [-0.39, 0.29) is 24.9 Å². The van der Waals surface area contributed by atoms with Crippen molar-refractivity contribution in [3.63, 3.8) is 0 Å². The van der Waals surface area contributed by atoms with Crippen molar-refractivity contribution in [2.24, 2.45) is 5.41 Å². The van der Waals surface area contributed by atoms with Crippen molar-refractivity contribution in [3.8, 4) is 0 Å². The van der Waals surface area contributed by atoms with Crippen LogP contribution in [-0.4, -0.2) is 47.9 Å². The Morgan fingerprint density at radius 1 is 1.24 bits per heavy atom. The van der Waals surface area contributed by atoms with Crippen molar-refractivity contribution in [2.45, 2.75) is 12.8 Å². The lowest BCUT2D eigenvalue weighted by Crippen LogP contribution is -2.41. The van der Waals surface area contributed by atoms with E-state index in [1.807, 2.05) is 6.07 Å². The first kappa shape index (κ1) is 15.0. The van der Waals surface area contributed by atoms with E-state index < -0.39 is 11.4 Å². The summed E-state index contributed by atoms with van der Waals surface area (Å²) in [4.78, 5) is 36.1. The van der Waals surface area contributed by atoms with Crippen molar-refractivity contribution in [2.75, 3.05) is 20.1 Å². The summed E-state index contributed by atoms with van der Waals surface area (Å²) in [5.41, 5.74) is -0.283. The molecule has 112 valence electrons.